The Hall–Kier alpha value is -1.80. The van der Waals surface area contributed by atoms with E-state index in [9.17, 15) is 0 Å². The lowest BCUT2D eigenvalue weighted by molar-refractivity contribution is 0.353. The van der Waals surface area contributed by atoms with Gasteiger partial charge in [0.2, 0.25) is 0 Å². The molecule has 2 nitrogen and oxygen atoms in total. The van der Waals surface area contributed by atoms with Crippen molar-refractivity contribution in [2.24, 2.45) is 5.92 Å². The minimum atomic E-state index is 0.804. The summed E-state index contributed by atoms with van der Waals surface area (Å²) in [6.07, 6.45) is 0. The van der Waals surface area contributed by atoms with E-state index >= 15 is 0 Å². The van der Waals surface area contributed by atoms with Crippen LogP contribution in [-0.2, 0) is 0 Å². The third-order valence-electron chi connectivity index (χ3n) is 3.81. The maximum absolute atomic E-state index is 3.32. The van der Waals surface area contributed by atoms with Crippen molar-refractivity contribution in [3.8, 4) is 11.1 Å². The summed E-state index contributed by atoms with van der Waals surface area (Å²) in [7, 11) is 2.18. The summed E-state index contributed by atoms with van der Waals surface area (Å²) in [6.45, 7) is 3.45. The van der Waals surface area contributed by atoms with Crippen LogP contribution in [0.25, 0.3) is 11.1 Å². The minimum absolute atomic E-state index is 0.804. The van der Waals surface area contributed by atoms with Crippen LogP contribution < -0.4 is 10.2 Å². The summed E-state index contributed by atoms with van der Waals surface area (Å²) in [6, 6.07) is 19.4. The molecule has 1 fully saturated rings. The fraction of sp³-hybridized carbons (Fsp3) is 0.294. The van der Waals surface area contributed by atoms with Crippen LogP contribution in [0.3, 0.4) is 0 Å². The van der Waals surface area contributed by atoms with Crippen LogP contribution in [0, 0.1) is 5.92 Å². The van der Waals surface area contributed by atoms with E-state index in [4.69, 9.17) is 0 Å². The Kier molecular flexibility index (Phi) is 3.51. The number of nitrogens with one attached hydrogen (secondary N) is 1. The van der Waals surface area contributed by atoms with E-state index in [1.807, 2.05) is 0 Å². The van der Waals surface area contributed by atoms with Crippen molar-refractivity contribution in [3.05, 3.63) is 54.6 Å². The molecule has 0 bridgehead atoms. The molecule has 1 saturated heterocycles. The Morgan fingerprint density at radius 1 is 0.947 bits per heavy atom. The highest BCUT2D eigenvalue weighted by Gasteiger charge is 2.18. The van der Waals surface area contributed by atoms with Crippen molar-refractivity contribution in [1.82, 2.24) is 5.32 Å². The van der Waals surface area contributed by atoms with Gasteiger partial charge in [-0.25, -0.2) is 0 Å². The van der Waals surface area contributed by atoms with Gasteiger partial charge in [-0.3, -0.25) is 0 Å². The second-order valence-electron chi connectivity index (χ2n) is 5.32. The van der Waals surface area contributed by atoms with Crippen molar-refractivity contribution in [2.45, 2.75) is 0 Å². The second kappa shape index (κ2) is 5.45. The maximum Gasteiger partial charge on any atom is 0.0364 e. The molecule has 0 unspecified atom stereocenters. The van der Waals surface area contributed by atoms with Gasteiger partial charge in [0.25, 0.3) is 0 Å². The first-order chi connectivity index (χ1) is 9.33. The fourth-order valence-electron chi connectivity index (χ4n) is 2.51. The Morgan fingerprint density at radius 3 is 2.16 bits per heavy atom. The summed E-state index contributed by atoms with van der Waals surface area (Å²) in [4.78, 5) is 2.35. The van der Waals surface area contributed by atoms with E-state index < -0.39 is 0 Å². The number of rotatable bonds is 4. The van der Waals surface area contributed by atoms with E-state index in [2.05, 4.69) is 71.9 Å². The van der Waals surface area contributed by atoms with Gasteiger partial charge in [-0.15, -0.1) is 0 Å². The molecule has 2 aromatic rings. The quantitative estimate of drug-likeness (QED) is 0.900. The Balaban J connectivity index is 1.71. The van der Waals surface area contributed by atoms with Crippen LogP contribution >= 0.6 is 0 Å². The predicted octanol–water partition coefficient (Wildman–Crippen LogP) is 3.01. The first kappa shape index (κ1) is 12.2. The van der Waals surface area contributed by atoms with E-state index in [0.29, 0.717) is 0 Å². The SMILES string of the molecule is CN(CC1CNC1)c1ccc(-c2ccccc2)cc1. The molecular weight excluding hydrogens is 232 g/mol. The van der Waals surface area contributed by atoms with Crippen molar-refractivity contribution in [3.63, 3.8) is 0 Å². The molecule has 0 radical (unpaired) electrons. The lowest BCUT2D eigenvalue weighted by atomic mass is 10.0. The third-order valence-corrected chi connectivity index (χ3v) is 3.81. The lowest BCUT2D eigenvalue weighted by Crippen LogP contribution is -2.47. The summed E-state index contributed by atoms with van der Waals surface area (Å²) >= 11 is 0. The molecule has 0 atom stereocenters. The fourth-order valence-corrected chi connectivity index (χ4v) is 2.51. The number of benzene rings is 2. The predicted molar refractivity (Wildman–Crippen MR) is 81.5 cm³/mol. The molecule has 98 valence electrons. The lowest BCUT2D eigenvalue weighted by Gasteiger charge is -2.32. The summed E-state index contributed by atoms with van der Waals surface area (Å²) in [5.74, 6) is 0.804. The highest BCUT2D eigenvalue weighted by molar-refractivity contribution is 5.66. The molecular formula is C17H20N2. The summed E-state index contributed by atoms with van der Waals surface area (Å²) in [5, 5.41) is 3.32. The molecule has 1 aliphatic rings. The van der Waals surface area contributed by atoms with Gasteiger partial charge < -0.3 is 10.2 Å². The highest BCUT2D eigenvalue weighted by Crippen LogP contribution is 2.23. The number of nitrogens with zero attached hydrogens (tertiary/aromatic N) is 1. The maximum atomic E-state index is 3.32. The van der Waals surface area contributed by atoms with Crippen molar-refractivity contribution in [2.75, 3.05) is 31.6 Å². The normalized spacial score (nSPS) is 15.0. The van der Waals surface area contributed by atoms with Crippen LogP contribution in [0.1, 0.15) is 0 Å². The van der Waals surface area contributed by atoms with Crippen LogP contribution in [0.4, 0.5) is 5.69 Å². The van der Waals surface area contributed by atoms with Crippen molar-refractivity contribution < 1.29 is 0 Å². The summed E-state index contributed by atoms with van der Waals surface area (Å²) in [5.41, 5.74) is 3.86. The van der Waals surface area contributed by atoms with Gasteiger partial charge in [0.15, 0.2) is 0 Å². The van der Waals surface area contributed by atoms with Crippen LogP contribution in [0.2, 0.25) is 0 Å². The van der Waals surface area contributed by atoms with Crippen molar-refractivity contribution >= 4 is 5.69 Å². The van der Waals surface area contributed by atoms with Gasteiger partial charge >= 0.3 is 0 Å². The highest BCUT2D eigenvalue weighted by atomic mass is 15.1. The van der Waals surface area contributed by atoms with Gasteiger partial charge in [-0.1, -0.05) is 42.5 Å². The van der Waals surface area contributed by atoms with Crippen LogP contribution in [-0.4, -0.2) is 26.7 Å². The van der Waals surface area contributed by atoms with E-state index in [1.54, 1.807) is 0 Å². The minimum Gasteiger partial charge on any atom is -0.374 e. The number of hydrogen-bond acceptors (Lipinski definition) is 2. The molecule has 1 aliphatic heterocycles. The standard InChI is InChI=1S/C17H20N2/c1-19(13-14-11-18-12-14)17-9-7-16(8-10-17)15-5-3-2-4-6-15/h2-10,14,18H,11-13H2,1H3. The zero-order valence-corrected chi connectivity index (χ0v) is 11.3. The molecule has 19 heavy (non-hydrogen) atoms. The number of anilines is 1. The van der Waals surface area contributed by atoms with Crippen LogP contribution in [0.15, 0.2) is 54.6 Å². The van der Waals surface area contributed by atoms with Crippen LogP contribution in [0.5, 0.6) is 0 Å². The molecule has 0 aromatic heterocycles. The van der Waals surface area contributed by atoms with E-state index in [0.717, 1.165) is 25.6 Å². The van der Waals surface area contributed by atoms with Gasteiger partial charge in [-0.2, -0.15) is 0 Å². The Bertz CT molecular complexity index is 515. The molecule has 1 heterocycles. The zero-order chi connectivity index (χ0) is 13.1. The van der Waals surface area contributed by atoms with Gasteiger partial charge in [0.05, 0.1) is 0 Å². The molecule has 0 aliphatic carbocycles. The largest absolute Gasteiger partial charge is 0.374 e. The smallest absolute Gasteiger partial charge is 0.0364 e. The average Bonchev–Trinajstić information content (AvgIpc) is 2.44. The molecule has 3 rings (SSSR count). The first-order valence-corrected chi connectivity index (χ1v) is 6.90. The van der Waals surface area contributed by atoms with E-state index in [1.165, 1.54) is 16.8 Å². The van der Waals surface area contributed by atoms with E-state index in [-0.39, 0.29) is 0 Å². The van der Waals surface area contributed by atoms with Gasteiger partial charge in [-0.05, 0) is 23.3 Å². The Morgan fingerprint density at radius 2 is 1.58 bits per heavy atom. The second-order valence-corrected chi connectivity index (χ2v) is 5.32. The van der Waals surface area contributed by atoms with Gasteiger partial charge in [0, 0.05) is 38.3 Å². The topological polar surface area (TPSA) is 15.3 Å². The molecule has 0 amide bonds. The monoisotopic (exact) mass is 252 g/mol. The molecule has 2 aromatic carbocycles. The number of hydrogen-bond donors (Lipinski definition) is 1. The third kappa shape index (κ3) is 2.79. The zero-order valence-electron chi connectivity index (χ0n) is 11.3. The molecule has 0 saturated carbocycles. The van der Waals surface area contributed by atoms with Gasteiger partial charge in [0.1, 0.15) is 0 Å². The van der Waals surface area contributed by atoms with Crippen molar-refractivity contribution in [1.29, 1.82) is 0 Å². The molecule has 1 N–H and O–H groups in total. The molecule has 0 spiro atoms. The molecule has 2 heteroatoms. The Labute approximate surface area is 115 Å². The summed E-state index contributed by atoms with van der Waals surface area (Å²) < 4.78 is 0. The average molecular weight is 252 g/mol. The first-order valence-electron chi connectivity index (χ1n) is 6.90.